The topological polar surface area (TPSA) is 109 Å². The van der Waals surface area contributed by atoms with Gasteiger partial charge in [-0.15, -0.1) is 0 Å². The molecule has 2 unspecified atom stereocenters. The maximum atomic E-state index is 12.4. The number of hydrogen-bond acceptors (Lipinski definition) is 7. The molecule has 0 aromatic carbocycles. The second-order valence-corrected chi connectivity index (χ2v) is 8.77. The largest absolute Gasteiger partial charge is 0.346 e. The lowest BCUT2D eigenvalue weighted by Gasteiger charge is -2.25. The van der Waals surface area contributed by atoms with Gasteiger partial charge in [-0.3, -0.25) is 24.0 Å². The van der Waals surface area contributed by atoms with Gasteiger partial charge in [-0.1, -0.05) is 44.3 Å². The summed E-state index contributed by atoms with van der Waals surface area (Å²) in [6.45, 7) is 9.17. The monoisotopic (exact) mass is 390 g/mol. The Morgan fingerprint density at radius 2 is 1.24 bits per heavy atom. The maximum Gasteiger partial charge on any atom is 0.217 e. The van der Waals surface area contributed by atoms with Gasteiger partial charge in [-0.05, 0) is 0 Å². The molecule has 2 N–H and O–H groups in total. The number of thioether (sulfide) groups is 2. The molecule has 2 atom stereocenters. The van der Waals surface area contributed by atoms with E-state index >= 15 is 0 Å². The van der Waals surface area contributed by atoms with Crippen molar-refractivity contribution in [2.24, 2.45) is 5.41 Å². The van der Waals surface area contributed by atoms with Crippen molar-refractivity contribution in [3.8, 4) is 0 Å². The van der Waals surface area contributed by atoms with Crippen LogP contribution in [0.1, 0.15) is 41.5 Å². The van der Waals surface area contributed by atoms with Crippen LogP contribution in [0.15, 0.2) is 0 Å². The summed E-state index contributed by atoms with van der Waals surface area (Å²) in [6.07, 6.45) is 0. The molecule has 25 heavy (non-hydrogen) atoms. The van der Waals surface area contributed by atoms with Gasteiger partial charge in [0.1, 0.15) is 6.04 Å². The zero-order valence-corrected chi connectivity index (χ0v) is 17.1. The van der Waals surface area contributed by atoms with Gasteiger partial charge in [0.15, 0.2) is 10.9 Å². The Kier molecular flexibility index (Phi) is 10.0. The van der Waals surface area contributed by atoms with Crippen LogP contribution in [0.4, 0.5) is 0 Å². The molecule has 7 nitrogen and oxygen atoms in total. The van der Waals surface area contributed by atoms with Crippen LogP contribution < -0.4 is 10.6 Å². The zero-order chi connectivity index (χ0) is 19.8. The van der Waals surface area contributed by atoms with Crippen molar-refractivity contribution in [3.05, 3.63) is 0 Å². The summed E-state index contributed by atoms with van der Waals surface area (Å²) in [4.78, 5) is 58.4. The highest BCUT2D eigenvalue weighted by atomic mass is 32.2. The highest BCUT2D eigenvalue weighted by molar-refractivity contribution is 8.15. The van der Waals surface area contributed by atoms with E-state index in [4.69, 9.17) is 0 Å². The molecule has 0 fully saturated rings. The highest BCUT2D eigenvalue weighted by Gasteiger charge is 2.31. The summed E-state index contributed by atoms with van der Waals surface area (Å²) < 4.78 is 0. The van der Waals surface area contributed by atoms with Gasteiger partial charge >= 0.3 is 0 Å². The Balaban J connectivity index is 4.98. The fourth-order valence-corrected chi connectivity index (χ4v) is 3.48. The molecule has 0 aliphatic rings. The predicted octanol–water partition coefficient (Wildman–Crippen LogP) is 1.15. The Morgan fingerprint density at radius 1 is 0.800 bits per heavy atom. The van der Waals surface area contributed by atoms with Crippen LogP contribution in [-0.4, -0.2) is 51.4 Å². The average molecular weight is 391 g/mol. The van der Waals surface area contributed by atoms with E-state index in [0.717, 1.165) is 23.5 Å². The molecule has 2 amide bonds. The predicted molar refractivity (Wildman–Crippen MR) is 100 cm³/mol. The van der Waals surface area contributed by atoms with Gasteiger partial charge in [-0.25, -0.2) is 0 Å². The zero-order valence-electron chi connectivity index (χ0n) is 15.4. The lowest BCUT2D eigenvalue weighted by Crippen LogP contribution is -2.47. The van der Waals surface area contributed by atoms with E-state index in [1.807, 2.05) is 0 Å². The van der Waals surface area contributed by atoms with Crippen LogP contribution in [-0.2, 0) is 24.0 Å². The van der Waals surface area contributed by atoms with Crippen molar-refractivity contribution < 1.29 is 24.0 Å². The standard InChI is InChI=1S/C16H26N2O5S2/c1-9(19)17-12(14(22)16(4,5)6)7-25-15(23)13(18-10(2)20)8-24-11(3)21/h12-13H,7-8H2,1-6H3,(H,17,19)(H,18,20). The van der Waals surface area contributed by atoms with Gasteiger partial charge in [0.2, 0.25) is 16.9 Å². The number of Topliss-reactive ketones (excluding diaryl/α,β-unsaturated/α-hetero) is 1. The Bertz CT molecular complexity index is 543. The van der Waals surface area contributed by atoms with Crippen molar-refractivity contribution in [1.29, 1.82) is 0 Å². The molecule has 0 radical (unpaired) electrons. The number of hydrogen-bond donors (Lipinski definition) is 2. The molecule has 0 aromatic heterocycles. The number of nitrogens with one attached hydrogen (secondary N) is 2. The number of carbonyl (C=O) groups excluding carboxylic acids is 5. The minimum Gasteiger partial charge on any atom is -0.346 e. The Morgan fingerprint density at radius 3 is 1.64 bits per heavy atom. The quantitative estimate of drug-likeness (QED) is 0.640. The molecule has 9 heteroatoms. The van der Waals surface area contributed by atoms with Gasteiger partial charge in [0.05, 0.1) is 6.04 Å². The van der Waals surface area contributed by atoms with Gasteiger partial charge in [0, 0.05) is 37.7 Å². The van der Waals surface area contributed by atoms with Crippen LogP contribution in [0.3, 0.4) is 0 Å². The van der Waals surface area contributed by atoms with E-state index in [0.29, 0.717) is 0 Å². The molecule has 0 aliphatic carbocycles. The third-order valence-electron chi connectivity index (χ3n) is 2.94. The van der Waals surface area contributed by atoms with Crippen molar-refractivity contribution in [1.82, 2.24) is 10.6 Å². The summed E-state index contributed by atoms with van der Waals surface area (Å²) in [5.41, 5.74) is -0.668. The van der Waals surface area contributed by atoms with Crippen LogP contribution >= 0.6 is 23.5 Å². The molecule has 0 aliphatic heterocycles. The van der Waals surface area contributed by atoms with Crippen molar-refractivity contribution in [2.75, 3.05) is 11.5 Å². The first-order valence-corrected chi connectivity index (χ1v) is 9.70. The van der Waals surface area contributed by atoms with Gasteiger partial charge in [0.25, 0.3) is 0 Å². The maximum absolute atomic E-state index is 12.4. The molecule has 0 saturated carbocycles. The van der Waals surface area contributed by atoms with Crippen molar-refractivity contribution in [3.63, 3.8) is 0 Å². The van der Waals surface area contributed by atoms with Crippen LogP contribution in [0.5, 0.6) is 0 Å². The van der Waals surface area contributed by atoms with E-state index < -0.39 is 17.5 Å². The molecular formula is C16H26N2O5S2. The normalized spacial score (nSPS) is 13.5. The summed E-state index contributed by atoms with van der Waals surface area (Å²) in [5.74, 6) is -0.737. The Hall–Kier alpha value is -1.35. The lowest BCUT2D eigenvalue weighted by molar-refractivity contribution is -0.131. The molecule has 0 bridgehead atoms. The van der Waals surface area contributed by atoms with Gasteiger partial charge in [-0.2, -0.15) is 0 Å². The molecule has 0 heterocycles. The number of amides is 2. The summed E-state index contributed by atoms with van der Waals surface area (Å²) in [7, 11) is 0. The molecular weight excluding hydrogens is 364 g/mol. The van der Waals surface area contributed by atoms with Crippen LogP contribution in [0, 0.1) is 5.41 Å². The summed E-state index contributed by atoms with van der Waals surface area (Å²) in [6, 6.07) is -1.64. The van der Waals surface area contributed by atoms with E-state index in [9.17, 15) is 24.0 Å². The molecule has 0 spiro atoms. The highest BCUT2D eigenvalue weighted by Crippen LogP contribution is 2.20. The number of rotatable bonds is 8. The summed E-state index contributed by atoms with van der Waals surface area (Å²) >= 11 is 1.80. The minimum absolute atomic E-state index is 0.0648. The Labute approximate surface area is 156 Å². The van der Waals surface area contributed by atoms with E-state index in [2.05, 4.69) is 10.6 Å². The van der Waals surface area contributed by atoms with Crippen molar-refractivity contribution in [2.45, 2.75) is 53.6 Å². The smallest absolute Gasteiger partial charge is 0.217 e. The average Bonchev–Trinajstić information content (AvgIpc) is 2.44. The number of carbonyl (C=O) groups is 5. The van der Waals surface area contributed by atoms with E-state index in [-0.39, 0.29) is 39.3 Å². The first-order valence-electron chi connectivity index (χ1n) is 7.73. The SMILES string of the molecule is CC(=O)NC(CSC(C)=O)C(=O)SCC(NC(C)=O)C(=O)C(C)(C)C. The second-order valence-electron chi connectivity index (χ2n) is 6.55. The third-order valence-corrected chi connectivity index (χ3v) is 4.92. The minimum atomic E-state index is -0.834. The fraction of sp³-hybridized carbons (Fsp3) is 0.688. The first kappa shape index (κ1) is 23.6. The van der Waals surface area contributed by atoms with E-state index in [1.165, 1.54) is 20.8 Å². The molecule has 0 aromatic rings. The second kappa shape index (κ2) is 10.6. The third kappa shape index (κ3) is 10.3. The van der Waals surface area contributed by atoms with E-state index in [1.54, 1.807) is 20.8 Å². The van der Waals surface area contributed by atoms with Crippen LogP contribution in [0.2, 0.25) is 0 Å². The molecule has 142 valence electrons. The molecule has 0 rings (SSSR count). The number of ketones is 1. The van der Waals surface area contributed by atoms with Gasteiger partial charge < -0.3 is 10.6 Å². The fourth-order valence-electron chi connectivity index (χ4n) is 1.83. The van der Waals surface area contributed by atoms with Crippen LogP contribution in [0.25, 0.3) is 0 Å². The van der Waals surface area contributed by atoms with Crippen molar-refractivity contribution >= 4 is 51.4 Å². The lowest BCUT2D eigenvalue weighted by atomic mass is 9.87. The summed E-state index contributed by atoms with van der Waals surface area (Å²) in [5, 5.41) is 4.55. The molecule has 0 saturated heterocycles. The first-order chi connectivity index (χ1) is 11.3.